The van der Waals surface area contributed by atoms with E-state index in [2.05, 4.69) is 5.32 Å². The Bertz CT molecular complexity index is 827. The van der Waals surface area contributed by atoms with Gasteiger partial charge in [-0.15, -0.1) is 0 Å². The zero-order valence-electron chi connectivity index (χ0n) is 14.9. The summed E-state index contributed by atoms with van der Waals surface area (Å²) in [5.41, 5.74) is 1.65. The van der Waals surface area contributed by atoms with E-state index in [-0.39, 0.29) is 11.5 Å². The minimum atomic E-state index is -1.48. The first-order chi connectivity index (χ1) is 13.0. The highest BCUT2D eigenvalue weighted by Gasteiger charge is 2.38. The molecule has 2 aromatic rings. The Labute approximate surface area is 156 Å². The van der Waals surface area contributed by atoms with Crippen LogP contribution in [0.4, 0.5) is 13.2 Å². The van der Waals surface area contributed by atoms with Gasteiger partial charge in [0.25, 0.3) is 5.91 Å². The fourth-order valence-electron chi connectivity index (χ4n) is 4.12. The summed E-state index contributed by atoms with van der Waals surface area (Å²) in [6.07, 6.45) is 3.20. The van der Waals surface area contributed by atoms with Crippen LogP contribution in [-0.4, -0.2) is 37.0 Å². The third kappa shape index (κ3) is 3.46. The van der Waals surface area contributed by atoms with E-state index in [4.69, 9.17) is 0 Å². The van der Waals surface area contributed by atoms with Gasteiger partial charge in [-0.3, -0.25) is 4.79 Å². The van der Waals surface area contributed by atoms with Crippen LogP contribution in [0.15, 0.2) is 36.4 Å². The zero-order chi connectivity index (χ0) is 19.0. The molecule has 0 saturated carbocycles. The van der Waals surface area contributed by atoms with E-state index in [9.17, 15) is 18.0 Å². The van der Waals surface area contributed by atoms with Crippen LogP contribution in [0.5, 0.6) is 0 Å². The maximum atomic E-state index is 13.4. The number of hydrogen-bond donors (Lipinski definition) is 1. The van der Waals surface area contributed by atoms with Gasteiger partial charge >= 0.3 is 0 Å². The van der Waals surface area contributed by atoms with Gasteiger partial charge in [0, 0.05) is 25.2 Å². The summed E-state index contributed by atoms with van der Waals surface area (Å²) in [6, 6.07) is 8.47. The number of carbonyl (C=O) groups is 1. The summed E-state index contributed by atoms with van der Waals surface area (Å²) in [5.74, 6) is -3.97. The summed E-state index contributed by atoms with van der Waals surface area (Å²) in [4.78, 5) is 14.6. The van der Waals surface area contributed by atoms with Crippen LogP contribution < -0.4 is 5.32 Å². The molecule has 1 amide bonds. The predicted octanol–water partition coefficient (Wildman–Crippen LogP) is 3.99. The Hall–Kier alpha value is -2.34. The molecule has 2 heterocycles. The monoisotopic (exact) mass is 374 g/mol. The van der Waals surface area contributed by atoms with Crippen LogP contribution in [-0.2, 0) is 0 Å². The van der Waals surface area contributed by atoms with Gasteiger partial charge in [0.2, 0.25) is 0 Å². The second kappa shape index (κ2) is 7.00. The van der Waals surface area contributed by atoms with Crippen molar-refractivity contribution in [2.24, 2.45) is 5.41 Å². The molecule has 27 heavy (non-hydrogen) atoms. The molecule has 0 radical (unpaired) electrons. The van der Waals surface area contributed by atoms with Crippen molar-refractivity contribution in [3.63, 3.8) is 0 Å². The lowest BCUT2D eigenvalue weighted by Crippen LogP contribution is -2.44. The molecule has 2 fully saturated rings. The van der Waals surface area contributed by atoms with Gasteiger partial charge in [0.1, 0.15) is 0 Å². The lowest BCUT2D eigenvalue weighted by molar-refractivity contribution is 0.0607. The second-order valence-corrected chi connectivity index (χ2v) is 7.55. The first-order valence-electron chi connectivity index (χ1n) is 9.22. The third-order valence-corrected chi connectivity index (χ3v) is 5.89. The van der Waals surface area contributed by atoms with E-state index < -0.39 is 17.5 Å². The molecule has 2 saturated heterocycles. The van der Waals surface area contributed by atoms with Crippen LogP contribution in [0.1, 0.15) is 29.6 Å². The number of nitrogens with zero attached hydrogens (tertiary/aromatic N) is 1. The Morgan fingerprint density at radius 2 is 1.56 bits per heavy atom. The van der Waals surface area contributed by atoms with Crippen LogP contribution in [0.2, 0.25) is 0 Å². The number of nitrogens with one attached hydrogen (secondary N) is 1. The van der Waals surface area contributed by atoms with Crippen LogP contribution in [0.3, 0.4) is 0 Å². The normalized spacial score (nSPS) is 18.9. The van der Waals surface area contributed by atoms with Crippen molar-refractivity contribution in [3.05, 3.63) is 59.4 Å². The lowest BCUT2D eigenvalue weighted by atomic mass is 9.78. The fourth-order valence-corrected chi connectivity index (χ4v) is 4.12. The smallest absolute Gasteiger partial charge is 0.253 e. The molecule has 6 heteroatoms. The summed E-state index contributed by atoms with van der Waals surface area (Å²) in [6.45, 7) is 3.59. The van der Waals surface area contributed by atoms with Gasteiger partial charge in [-0.05, 0) is 66.6 Å². The van der Waals surface area contributed by atoms with Crippen molar-refractivity contribution in [2.75, 3.05) is 26.2 Å². The van der Waals surface area contributed by atoms with E-state index in [1.807, 2.05) is 4.90 Å². The van der Waals surface area contributed by atoms with E-state index in [1.54, 1.807) is 24.3 Å². The zero-order valence-corrected chi connectivity index (χ0v) is 14.9. The van der Waals surface area contributed by atoms with Gasteiger partial charge in [0.05, 0.1) is 0 Å². The van der Waals surface area contributed by atoms with Crippen molar-refractivity contribution in [1.82, 2.24) is 10.2 Å². The molecule has 1 spiro atoms. The average Bonchev–Trinajstić information content (AvgIpc) is 3.14. The molecule has 0 bridgehead atoms. The Kier molecular flexibility index (Phi) is 4.68. The van der Waals surface area contributed by atoms with Crippen LogP contribution >= 0.6 is 0 Å². The summed E-state index contributed by atoms with van der Waals surface area (Å²) >= 11 is 0. The van der Waals surface area contributed by atoms with Crippen LogP contribution in [0.25, 0.3) is 11.1 Å². The quantitative estimate of drug-likeness (QED) is 0.807. The van der Waals surface area contributed by atoms with Gasteiger partial charge in [-0.25, -0.2) is 13.2 Å². The average molecular weight is 374 g/mol. The summed E-state index contributed by atoms with van der Waals surface area (Å²) < 4.78 is 40.0. The number of piperidine rings is 1. The minimum Gasteiger partial charge on any atom is -0.339 e. The molecule has 0 unspecified atom stereocenters. The molecule has 0 aromatic heterocycles. The molecule has 1 N–H and O–H groups in total. The Morgan fingerprint density at radius 1 is 0.926 bits per heavy atom. The number of benzene rings is 2. The molecule has 2 aliphatic rings. The molecule has 0 atom stereocenters. The number of carbonyl (C=O) groups excluding carboxylic acids is 1. The molecule has 0 aliphatic carbocycles. The van der Waals surface area contributed by atoms with Crippen molar-refractivity contribution >= 4 is 5.91 Å². The highest BCUT2D eigenvalue weighted by atomic mass is 19.2. The summed E-state index contributed by atoms with van der Waals surface area (Å²) in [7, 11) is 0. The van der Waals surface area contributed by atoms with Crippen molar-refractivity contribution in [1.29, 1.82) is 0 Å². The number of likely N-dealkylation sites (tertiary alicyclic amines) is 1. The van der Waals surface area contributed by atoms with Crippen molar-refractivity contribution in [2.45, 2.75) is 19.3 Å². The lowest BCUT2D eigenvalue weighted by Gasteiger charge is -2.38. The SMILES string of the molecule is O=C(c1ccc(-c2cc(F)c(F)c(F)c2)cc1)N1CCC2(CCNC2)CC1. The van der Waals surface area contributed by atoms with E-state index in [0.717, 1.165) is 51.2 Å². The Balaban J connectivity index is 1.47. The Morgan fingerprint density at radius 3 is 2.11 bits per heavy atom. The molecule has 142 valence electrons. The first kappa shape index (κ1) is 18.0. The van der Waals surface area contributed by atoms with E-state index >= 15 is 0 Å². The second-order valence-electron chi connectivity index (χ2n) is 7.55. The highest BCUT2D eigenvalue weighted by molar-refractivity contribution is 5.94. The highest BCUT2D eigenvalue weighted by Crippen LogP contribution is 2.37. The van der Waals surface area contributed by atoms with Gasteiger partial charge in [0.15, 0.2) is 17.5 Å². The number of rotatable bonds is 2. The molecular formula is C21H21F3N2O. The first-order valence-corrected chi connectivity index (χ1v) is 9.22. The number of amides is 1. The van der Waals surface area contributed by atoms with Gasteiger partial charge in [-0.1, -0.05) is 12.1 Å². The maximum absolute atomic E-state index is 13.4. The number of halogens is 3. The van der Waals surface area contributed by atoms with Gasteiger partial charge < -0.3 is 10.2 Å². The summed E-state index contributed by atoms with van der Waals surface area (Å²) in [5, 5.41) is 3.41. The van der Waals surface area contributed by atoms with Crippen molar-refractivity contribution < 1.29 is 18.0 Å². The topological polar surface area (TPSA) is 32.3 Å². The molecule has 2 aliphatic heterocycles. The molecular weight excluding hydrogens is 353 g/mol. The van der Waals surface area contributed by atoms with Crippen LogP contribution in [0, 0.1) is 22.9 Å². The maximum Gasteiger partial charge on any atom is 0.253 e. The molecule has 3 nitrogen and oxygen atoms in total. The van der Waals surface area contributed by atoms with Gasteiger partial charge in [-0.2, -0.15) is 0 Å². The minimum absolute atomic E-state index is 0.0289. The van der Waals surface area contributed by atoms with Crippen molar-refractivity contribution in [3.8, 4) is 11.1 Å². The standard InChI is InChI=1S/C21H21F3N2O/c22-17-11-16(12-18(23)19(17)24)14-1-3-15(4-2-14)20(27)26-9-6-21(7-10-26)5-8-25-13-21/h1-4,11-12,25H,5-10,13H2. The third-order valence-electron chi connectivity index (χ3n) is 5.89. The largest absolute Gasteiger partial charge is 0.339 e. The number of hydrogen-bond acceptors (Lipinski definition) is 2. The van der Waals surface area contributed by atoms with E-state index in [0.29, 0.717) is 16.5 Å². The molecule has 4 rings (SSSR count). The fraction of sp³-hybridized carbons (Fsp3) is 0.381. The predicted molar refractivity (Wildman–Crippen MR) is 96.8 cm³/mol. The molecule has 2 aromatic carbocycles. The van der Waals surface area contributed by atoms with E-state index in [1.165, 1.54) is 6.42 Å².